The summed E-state index contributed by atoms with van der Waals surface area (Å²) < 4.78 is 0.273. The number of benzene rings is 2. The number of nitro groups is 1. The molecule has 2 aromatic rings. The van der Waals surface area contributed by atoms with E-state index in [0.717, 1.165) is 24.0 Å². The molecule has 2 aliphatic rings. The maximum Gasteiger partial charge on any atom is 0.294 e. The van der Waals surface area contributed by atoms with Gasteiger partial charge in [0.15, 0.2) is 0 Å². The summed E-state index contributed by atoms with van der Waals surface area (Å²) in [6.45, 7) is 2.04. The third kappa shape index (κ3) is 1.95. The third-order valence-electron chi connectivity index (χ3n) is 5.86. The number of fused-ring (bicyclic) bond motifs is 5. The van der Waals surface area contributed by atoms with Gasteiger partial charge in [-0.3, -0.25) is 14.9 Å². The van der Waals surface area contributed by atoms with Crippen LogP contribution in [0.4, 0.5) is 5.69 Å². The van der Waals surface area contributed by atoms with Gasteiger partial charge in [-0.2, -0.15) is 0 Å². The first kappa shape index (κ1) is 15.8. The minimum atomic E-state index is -0.405. The van der Waals surface area contributed by atoms with E-state index >= 15 is 0 Å². The first-order chi connectivity index (χ1) is 11.3. The molecule has 0 spiro atoms. The van der Waals surface area contributed by atoms with E-state index < -0.39 is 4.92 Å². The van der Waals surface area contributed by atoms with Crippen molar-refractivity contribution in [3.05, 3.63) is 43.0 Å². The van der Waals surface area contributed by atoms with Crippen LogP contribution in [0.3, 0.4) is 0 Å². The molecule has 5 nitrogen and oxygen atoms in total. The van der Waals surface area contributed by atoms with Crippen LogP contribution >= 0.6 is 22.6 Å². The molecule has 24 heavy (non-hydrogen) atoms. The summed E-state index contributed by atoms with van der Waals surface area (Å²) in [4.78, 5) is 23.6. The summed E-state index contributed by atoms with van der Waals surface area (Å²) in [6.07, 6.45) is 2.80. The number of carbonyl (C=O) groups excluding carboxylic acids is 1. The maximum absolute atomic E-state index is 12.3. The Hall–Kier alpha value is -1.70. The van der Waals surface area contributed by atoms with E-state index in [1.54, 1.807) is 6.07 Å². The third-order valence-corrected chi connectivity index (χ3v) is 6.93. The van der Waals surface area contributed by atoms with Gasteiger partial charge in [0.2, 0.25) is 0 Å². The highest BCUT2D eigenvalue weighted by Crippen LogP contribution is 2.55. The van der Waals surface area contributed by atoms with Gasteiger partial charge in [0.25, 0.3) is 5.69 Å². The van der Waals surface area contributed by atoms with Gasteiger partial charge in [-0.15, -0.1) is 0 Å². The molecule has 124 valence electrons. The lowest BCUT2D eigenvalue weighted by molar-refractivity contribution is -0.384. The molecule has 4 rings (SSSR count). The first-order valence-corrected chi connectivity index (χ1v) is 9.07. The normalized spacial score (nSPS) is 25.6. The second-order valence-electron chi connectivity index (χ2n) is 6.98. The number of carbonyl (C=O) groups is 1. The Bertz CT molecular complexity index is 923. The predicted octanol–water partition coefficient (Wildman–Crippen LogP) is 4.46. The summed E-state index contributed by atoms with van der Waals surface area (Å²) in [5.41, 5.74) is 1.70. The zero-order chi connectivity index (χ0) is 17.2. The highest BCUT2D eigenvalue weighted by atomic mass is 127. The fourth-order valence-corrected chi connectivity index (χ4v) is 5.18. The molecule has 0 heterocycles. The van der Waals surface area contributed by atoms with Gasteiger partial charge in [0.1, 0.15) is 15.1 Å². The smallest absolute Gasteiger partial charge is 0.294 e. The van der Waals surface area contributed by atoms with Crippen molar-refractivity contribution in [1.29, 1.82) is 0 Å². The molecule has 0 aromatic heterocycles. The van der Waals surface area contributed by atoms with Crippen LogP contribution in [0.25, 0.3) is 10.8 Å². The Morgan fingerprint density at radius 3 is 2.83 bits per heavy atom. The Morgan fingerprint density at radius 1 is 1.38 bits per heavy atom. The lowest BCUT2D eigenvalue weighted by Gasteiger charge is -2.37. The number of Topliss-reactive ketones (excluding diaryl/α,β-unsaturated/α-hetero) is 1. The predicted molar refractivity (Wildman–Crippen MR) is 98.4 cm³/mol. The molecule has 0 amide bonds. The quantitative estimate of drug-likeness (QED) is 0.406. The number of ketones is 1. The Morgan fingerprint density at radius 2 is 2.12 bits per heavy atom. The lowest BCUT2D eigenvalue weighted by Crippen LogP contribution is -2.32. The number of aryl methyl sites for hydroxylation is 1. The standard InChI is InChI=1S/C18H16INO4/c1-18-7-6-11-10(12(18)4-5-14(18)22)3-2-9-8-13(21)16(19)17(15(9)11)20(23)24/h2-3,8,12,21H,4-7H2,1H3/t12-,18-/m0/s1. The number of phenolic OH excluding ortho intramolecular Hbond substituents is 1. The minimum absolute atomic E-state index is 0.0182. The highest BCUT2D eigenvalue weighted by Gasteiger charge is 2.49. The van der Waals surface area contributed by atoms with Crippen LogP contribution in [0.2, 0.25) is 0 Å². The van der Waals surface area contributed by atoms with Crippen molar-refractivity contribution in [2.45, 2.75) is 38.5 Å². The van der Waals surface area contributed by atoms with Crippen molar-refractivity contribution in [2.75, 3.05) is 0 Å². The van der Waals surface area contributed by atoms with Crippen LogP contribution < -0.4 is 0 Å². The SMILES string of the molecule is C[C@]12CCc3c(ccc4cc(O)c(I)c([N+](=O)[O-])c34)[C@@H]1CCC2=O. The van der Waals surface area contributed by atoms with Gasteiger partial charge >= 0.3 is 0 Å². The van der Waals surface area contributed by atoms with Crippen molar-refractivity contribution >= 4 is 44.8 Å². The van der Waals surface area contributed by atoms with Crippen LogP contribution in [0.1, 0.15) is 43.2 Å². The fraction of sp³-hybridized carbons (Fsp3) is 0.389. The molecule has 2 aliphatic carbocycles. The molecule has 1 saturated carbocycles. The summed E-state index contributed by atoms with van der Waals surface area (Å²) in [5.74, 6) is 0.392. The average Bonchev–Trinajstić information content (AvgIpc) is 2.83. The molecule has 0 aliphatic heterocycles. The molecule has 2 atom stereocenters. The zero-order valence-electron chi connectivity index (χ0n) is 13.1. The number of phenols is 1. The summed E-state index contributed by atoms with van der Waals surface area (Å²) in [5, 5.41) is 23.0. The van der Waals surface area contributed by atoms with Gasteiger partial charge in [0, 0.05) is 11.8 Å². The molecule has 0 radical (unpaired) electrons. The monoisotopic (exact) mass is 437 g/mol. The largest absolute Gasteiger partial charge is 0.507 e. The molecule has 1 N–H and O–H groups in total. The molecular weight excluding hydrogens is 421 g/mol. The van der Waals surface area contributed by atoms with Crippen LogP contribution in [-0.2, 0) is 11.2 Å². The first-order valence-electron chi connectivity index (χ1n) is 7.99. The van der Waals surface area contributed by atoms with Crippen LogP contribution in [0, 0.1) is 19.1 Å². The number of hydrogen-bond acceptors (Lipinski definition) is 4. The molecular formula is C18H16INO4. The van der Waals surface area contributed by atoms with Gasteiger partial charge in [-0.1, -0.05) is 19.1 Å². The Balaban J connectivity index is 2.06. The summed E-state index contributed by atoms with van der Waals surface area (Å²) in [7, 11) is 0. The number of hydrogen-bond donors (Lipinski definition) is 1. The molecule has 0 unspecified atom stereocenters. The molecule has 0 bridgehead atoms. The van der Waals surface area contributed by atoms with E-state index in [1.165, 1.54) is 0 Å². The second kappa shape index (κ2) is 5.15. The van der Waals surface area contributed by atoms with Crippen LogP contribution in [0.15, 0.2) is 18.2 Å². The van der Waals surface area contributed by atoms with E-state index in [1.807, 2.05) is 41.6 Å². The van der Waals surface area contributed by atoms with E-state index in [4.69, 9.17) is 0 Å². The number of nitro benzene ring substituents is 1. The number of aromatic hydroxyl groups is 1. The van der Waals surface area contributed by atoms with Gasteiger partial charge in [-0.25, -0.2) is 0 Å². The van der Waals surface area contributed by atoms with E-state index in [0.29, 0.717) is 29.4 Å². The molecule has 6 heteroatoms. The van der Waals surface area contributed by atoms with E-state index in [-0.39, 0.29) is 26.3 Å². The van der Waals surface area contributed by atoms with Crippen molar-refractivity contribution in [2.24, 2.45) is 5.41 Å². The Kier molecular flexibility index (Phi) is 3.39. The van der Waals surface area contributed by atoms with Crippen molar-refractivity contribution in [1.82, 2.24) is 0 Å². The zero-order valence-corrected chi connectivity index (χ0v) is 15.3. The van der Waals surface area contributed by atoms with Gasteiger partial charge in [0.05, 0.1) is 10.3 Å². The molecule has 2 aromatic carbocycles. The lowest BCUT2D eigenvalue weighted by atomic mass is 9.66. The maximum atomic E-state index is 12.3. The number of nitrogens with zero attached hydrogens (tertiary/aromatic N) is 1. The molecule has 1 fully saturated rings. The van der Waals surface area contributed by atoms with Crippen LogP contribution in [0.5, 0.6) is 5.75 Å². The fourth-order valence-electron chi connectivity index (χ4n) is 4.56. The second-order valence-corrected chi connectivity index (χ2v) is 8.06. The topological polar surface area (TPSA) is 80.4 Å². The Labute approximate surface area is 152 Å². The summed E-state index contributed by atoms with van der Waals surface area (Å²) in [6, 6.07) is 5.43. The summed E-state index contributed by atoms with van der Waals surface area (Å²) >= 11 is 1.83. The van der Waals surface area contributed by atoms with Gasteiger partial charge in [-0.05, 0) is 70.4 Å². The van der Waals surface area contributed by atoms with E-state index in [2.05, 4.69) is 0 Å². The van der Waals surface area contributed by atoms with E-state index in [9.17, 15) is 20.0 Å². The van der Waals surface area contributed by atoms with Crippen molar-refractivity contribution < 1.29 is 14.8 Å². The highest BCUT2D eigenvalue weighted by molar-refractivity contribution is 14.1. The number of rotatable bonds is 1. The van der Waals surface area contributed by atoms with Gasteiger partial charge < -0.3 is 5.11 Å². The van der Waals surface area contributed by atoms with Crippen molar-refractivity contribution in [3.63, 3.8) is 0 Å². The molecule has 0 saturated heterocycles. The number of halogens is 1. The van der Waals surface area contributed by atoms with Crippen molar-refractivity contribution in [3.8, 4) is 5.75 Å². The minimum Gasteiger partial charge on any atom is -0.507 e. The average molecular weight is 437 g/mol. The van der Waals surface area contributed by atoms with Crippen LogP contribution in [-0.4, -0.2) is 15.8 Å².